The van der Waals surface area contributed by atoms with Gasteiger partial charge < -0.3 is 30.1 Å². The quantitative estimate of drug-likeness (QED) is 0.177. The Kier molecular flexibility index (Phi) is 11.8. The van der Waals surface area contributed by atoms with Crippen molar-refractivity contribution in [3.8, 4) is 11.8 Å². The Bertz CT molecular complexity index is 2610. The Morgan fingerprint density at radius 1 is 0.923 bits per heavy atom. The van der Waals surface area contributed by atoms with Gasteiger partial charge in [-0.2, -0.15) is 9.94 Å². The van der Waals surface area contributed by atoms with E-state index in [1.54, 1.807) is 36.4 Å². The van der Waals surface area contributed by atoms with Gasteiger partial charge in [-0.1, -0.05) is 44.5 Å². The molecule has 3 unspecified atom stereocenters. The lowest BCUT2D eigenvalue weighted by Gasteiger charge is -2.63. The molecule has 1 aliphatic carbocycles. The summed E-state index contributed by atoms with van der Waals surface area (Å²) in [4.78, 5) is 71.0. The van der Waals surface area contributed by atoms with Gasteiger partial charge in [0.15, 0.2) is 0 Å². The van der Waals surface area contributed by atoms with Crippen LogP contribution in [0.2, 0.25) is 5.02 Å². The molecule has 4 aliphatic heterocycles. The second-order valence-corrected chi connectivity index (χ2v) is 20.1. The van der Waals surface area contributed by atoms with Crippen LogP contribution in [0.4, 0.5) is 11.4 Å². The highest BCUT2D eigenvalue weighted by molar-refractivity contribution is 6.31. The number of imide groups is 1. The van der Waals surface area contributed by atoms with Crippen molar-refractivity contribution in [1.82, 2.24) is 35.4 Å². The van der Waals surface area contributed by atoms with E-state index in [4.69, 9.17) is 16.3 Å². The highest BCUT2D eigenvalue weighted by Crippen LogP contribution is 2.55. The van der Waals surface area contributed by atoms with Crippen molar-refractivity contribution in [2.75, 3.05) is 62.6 Å². The first-order chi connectivity index (χ1) is 31.1. The third-order valence-corrected chi connectivity index (χ3v) is 14.9. The number of amides is 4. The third kappa shape index (κ3) is 8.63. The van der Waals surface area contributed by atoms with Crippen LogP contribution >= 0.6 is 11.6 Å². The molecule has 4 saturated heterocycles. The summed E-state index contributed by atoms with van der Waals surface area (Å²) in [5.74, 6) is 1.25. The van der Waals surface area contributed by atoms with Crippen LogP contribution in [0.3, 0.4) is 0 Å². The van der Waals surface area contributed by atoms with E-state index >= 15 is 0 Å². The molecule has 9 rings (SSSR count). The standard InChI is InChI=1S/C48H55ClN10O6/c1-47(2)45(48(3,4)46(47)65-35-11-7-30(21-50)37(49)20-35)53-42(62)29-5-9-34(10-6-29)58-26-31-24-56(25-32(31)27-58)23-28-15-17-57(18-16-28)41(61)22-51-33-8-12-38-36(19-33)44(64)59(55-54-38)39-13-14-40(60)52-43(39)63/h5-12,19-20,28,31-32,39,45-46,51H,13-18,22-27H2,1-4H3,(H,53,62)(H,52,60,63). The van der Waals surface area contributed by atoms with Gasteiger partial charge >= 0.3 is 0 Å². The molecule has 4 aromatic rings. The van der Waals surface area contributed by atoms with E-state index in [1.165, 1.54) is 0 Å². The van der Waals surface area contributed by atoms with Gasteiger partial charge in [-0.25, -0.2) is 0 Å². The number of nitrogens with zero attached hydrogens (tertiary/aromatic N) is 7. The zero-order chi connectivity index (χ0) is 45.8. The molecule has 5 fully saturated rings. The van der Waals surface area contributed by atoms with Gasteiger partial charge in [0.25, 0.3) is 17.4 Å². The van der Waals surface area contributed by atoms with Crippen molar-refractivity contribution in [3.63, 3.8) is 0 Å². The Morgan fingerprint density at radius 2 is 1.63 bits per heavy atom. The van der Waals surface area contributed by atoms with Crippen molar-refractivity contribution in [1.29, 1.82) is 5.26 Å². The van der Waals surface area contributed by atoms with E-state index in [2.05, 4.69) is 82.0 Å². The molecule has 5 heterocycles. The minimum atomic E-state index is -0.908. The molecule has 340 valence electrons. The zero-order valence-electron chi connectivity index (χ0n) is 37.2. The summed E-state index contributed by atoms with van der Waals surface area (Å²) in [5.41, 5.74) is 1.94. The predicted molar refractivity (Wildman–Crippen MR) is 244 cm³/mol. The minimum Gasteiger partial charge on any atom is -0.489 e. The van der Waals surface area contributed by atoms with Crippen molar-refractivity contribution >= 4 is 57.5 Å². The van der Waals surface area contributed by atoms with Crippen molar-refractivity contribution in [3.05, 3.63) is 87.2 Å². The van der Waals surface area contributed by atoms with Gasteiger partial charge in [-0.05, 0) is 91.6 Å². The number of nitrogens with one attached hydrogen (secondary N) is 3. The van der Waals surface area contributed by atoms with E-state index < -0.39 is 17.5 Å². The predicted octanol–water partition coefficient (Wildman–Crippen LogP) is 4.62. The lowest BCUT2D eigenvalue weighted by Crippen LogP contribution is -2.74. The van der Waals surface area contributed by atoms with Crippen LogP contribution in [0, 0.1) is 39.9 Å². The summed E-state index contributed by atoms with van der Waals surface area (Å²) in [5, 5.41) is 26.6. The van der Waals surface area contributed by atoms with E-state index in [0.717, 1.165) is 55.9 Å². The molecule has 0 spiro atoms. The number of nitriles is 1. The number of fused-ring (bicyclic) bond motifs is 2. The second-order valence-electron chi connectivity index (χ2n) is 19.7. The van der Waals surface area contributed by atoms with Crippen molar-refractivity contribution < 1.29 is 23.9 Å². The summed E-state index contributed by atoms with van der Waals surface area (Å²) in [6.45, 7) is 15.1. The molecule has 3 atom stereocenters. The van der Waals surface area contributed by atoms with Gasteiger partial charge in [0, 0.05) is 92.1 Å². The van der Waals surface area contributed by atoms with Crippen molar-refractivity contribution in [2.24, 2.45) is 28.6 Å². The SMILES string of the molecule is CC1(C)C(NC(=O)c2ccc(N3CC4CN(CC5CCN(C(=O)CNc6ccc7nnn(C8CCC(=O)NC8=O)c(=O)c7c6)CC5)CC4C3)cc2)C(C)(C)C1Oc1ccc(C#N)c(Cl)c1. The highest BCUT2D eigenvalue weighted by Gasteiger charge is 2.64. The van der Waals surface area contributed by atoms with Gasteiger partial charge in [0.1, 0.15) is 29.5 Å². The number of benzene rings is 3. The maximum atomic E-state index is 13.6. The summed E-state index contributed by atoms with van der Waals surface area (Å²) in [6, 6.07) is 19.1. The van der Waals surface area contributed by atoms with Crippen molar-refractivity contribution in [2.45, 2.75) is 71.6 Å². The van der Waals surface area contributed by atoms with Gasteiger partial charge in [0.2, 0.25) is 11.8 Å². The molecule has 3 aromatic carbocycles. The first-order valence-corrected chi connectivity index (χ1v) is 23.0. The monoisotopic (exact) mass is 902 g/mol. The topological polar surface area (TPSA) is 195 Å². The summed E-state index contributed by atoms with van der Waals surface area (Å²) < 4.78 is 7.42. The zero-order valence-corrected chi connectivity index (χ0v) is 37.9. The smallest absolute Gasteiger partial charge is 0.278 e. The van der Waals surface area contributed by atoms with Crippen LogP contribution in [0.25, 0.3) is 10.9 Å². The largest absolute Gasteiger partial charge is 0.489 e. The molecular formula is C48H55ClN10O6. The minimum absolute atomic E-state index is 0.0000660. The molecule has 5 aliphatic rings. The van der Waals surface area contributed by atoms with Crippen LogP contribution < -0.4 is 31.1 Å². The molecule has 17 heteroatoms. The fraction of sp³-hybridized carbons (Fsp3) is 0.500. The fourth-order valence-corrected chi connectivity index (χ4v) is 11.6. The number of carbonyl (C=O) groups excluding carboxylic acids is 4. The van der Waals surface area contributed by atoms with Crippen LogP contribution in [0.5, 0.6) is 5.75 Å². The molecule has 65 heavy (non-hydrogen) atoms. The van der Waals surface area contributed by atoms with E-state index in [0.29, 0.717) is 63.9 Å². The molecule has 16 nitrogen and oxygen atoms in total. The van der Waals surface area contributed by atoms with Crippen LogP contribution in [-0.2, 0) is 14.4 Å². The average molecular weight is 903 g/mol. The second kappa shape index (κ2) is 17.4. The Morgan fingerprint density at radius 3 is 2.29 bits per heavy atom. The molecule has 0 bridgehead atoms. The Labute approximate surface area is 382 Å². The van der Waals surface area contributed by atoms with Crippen LogP contribution in [0.15, 0.2) is 65.5 Å². The van der Waals surface area contributed by atoms with Gasteiger partial charge in [-0.15, -0.1) is 5.10 Å². The fourth-order valence-electron chi connectivity index (χ4n) is 11.4. The third-order valence-electron chi connectivity index (χ3n) is 14.6. The number of hydrogen-bond donors (Lipinski definition) is 3. The van der Waals surface area contributed by atoms with Crippen LogP contribution in [-0.4, -0.2) is 113 Å². The first kappa shape index (κ1) is 44.2. The Hall–Kier alpha value is -6.05. The Balaban J connectivity index is 0.705. The molecule has 1 aromatic heterocycles. The van der Waals surface area contributed by atoms with Crippen LogP contribution in [0.1, 0.15) is 75.3 Å². The summed E-state index contributed by atoms with van der Waals surface area (Å²) in [7, 11) is 0. The summed E-state index contributed by atoms with van der Waals surface area (Å²) >= 11 is 6.27. The van der Waals surface area contributed by atoms with Gasteiger partial charge in [0.05, 0.1) is 22.5 Å². The van der Waals surface area contributed by atoms with E-state index in [9.17, 15) is 29.2 Å². The normalized spacial score (nSPS) is 25.1. The number of ether oxygens (including phenoxy) is 1. The number of hydrogen-bond acceptors (Lipinski definition) is 12. The lowest BCUT2D eigenvalue weighted by molar-refractivity contribution is -0.164. The van der Waals surface area contributed by atoms with Gasteiger partial charge in [-0.3, -0.25) is 29.3 Å². The lowest BCUT2D eigenvalue weighted by atomic mass is 9.49. The first-order valence-electron chi connectivity index (χ1n) is 22.6. The number of rotatable bonds is 11. The van der Waals surface area contributed by atoms with E-state index in [1.807, 2.05) is 17.0 Å². The number of likely N-dealkylation sites (tertiary alicyclic amines) is 2. The molecule has 3 N–H and O–H groups in total. The number of piperidine rings is 2. The number of aromatic nitrogens is 3. The summed E-state index contributed by atoms with van der Waals surface area (Å²) in [6.07, 6.45) is 2.02. The molecular weight excluding hydrogens is 848 g/mol. The molecule has 4 amide bonds. The maximum absolute atomic E-state index is 13.6. The number of carbonyl (C=O) groups is 4. The number of halogens is 1. The number of anilines is 2. The highest BCUT2D eigenvalue weighted by atomic mass is 35.5. The molecule has 1 saturated carbocycles. The molecule has 0 radical (unpaired) electrons. The van der Waals surface area contributed by atoms with E-state index in [-0.39, 0.29) is 65.5 Å². The maximum Gasteiger partial charge on any atom is 0.278 e. The average Bonchev–Trinajstić information content (AvgIpc) is 3.86.